The van der Waals surface area contributed by atoms with Crippen LogP contribution in [0.25, 0.3) is 0 Å². The number of hydrogen-bond donors (Lipinski definition) is 1. The monoisotopic (exact) mass is 186 g/mol. The fraction of sp³-hybridized carbons (Fsp3) is 0.333. The fourth-order valence-electron chi connectivity index (χ4n) is 0.637. The van der Waals surface area contributed by atoms with E-state index in [0.29, 0.717) is 18.1 Å². The molecule has 0 aromatic heterocycles. The van der Waals surface area contributed by atoms with Gasteiger partial charge in [0.15, 0.2) is 0 Å². The van der Waals surface area contributed by atoms with E-state index >= 15 is 0 Å². The Balaban J connectivity index is 0.000000561. The number of rotatable bonds is 2. The molecule has 12 heavy (non-hydrogen) atoms. The van der Waals surface area contributed by atoms with Gasteiger partial charge in [-0.2, -0.15) is 0 Å². The van der Waals surface area contributed by atoms with Crippen LogP contribution in [0.3, 0.4) is 0 Å². The molecule has 0 amide bonds. The molecule has 1 aromatic rings. The third kappa shape index (κ3) is 4.26. The molecule has 68 valence electrons. The molecule has 2 nitrogen and oxygen atoms in total. The van der Waals surface area contributed by atoms with Crippen LogP contribution < -0.4 is 4.18 Å². The van der Waals surface area contributed by atoms with Crippen molar-refractivity contribution in [3.05, 3.63) is 29.8 Å². The molecular weight excluding hydrogens is 172 g/mol. The Morgan fingerprint density at radius 2 is 1.67 bits per heavy atom. The van der Waals surface area contributed by atoms with Crippen LogP contribution in [0.2, 0.25) is 0 Å². The molecule has 0 fully saturated rings. The van der Waals surface area contributed by atoms with Crippen molar-refractivity contribution < 1.29 is 8.74 Å². The summed E-state index contributed by atoms with van der Waals surface area (Å²) in [4.78, 5) is 0. The van der Waals surface area contributed by atoms with Gasteiger partial charge in [0, 0.05) is 0 Å². The first-order valence-corrected chi connectivity index (χ1v) is 4.57. The average Bonchev–Trinajstić information content (AvgIpc) is 2.13. The van der Waals surface area contributed by atoms with Crippen molar-refractivity contribution in [1.82, 2.24) is 0 Å². The van der Waals surface area contributed by atoms with E-state index in [4.69, 9.17) is 8.74 Å². The molecule has 0 aliphatic carbocycles. The molecule has 0 heterocycles. The highest BCUT2D eigenvalue weighted by Gasteiger charge is 1.90. The van der Waals surface area contributed by atoms with Gasteiger partial charge in [0.2, 0.25) is 12.3 Å². The number of aryl methyl sites for hydroxylation is 1. The van der Waals surface area contributed by atoms with Crippen LogP contribution in [0.15, 0.2) is 24.3 Å². The highest BCUT2D eigenvalue weighted by molar-refractivity contribution is 7.89. The van der Waals surface area contributed by atoms with E-state index in [-0.39, 0.29) is 0 Å². The molecule has 0 spiro atoms. The Labute approximate surface area is 78.0 Å². The van der Waals surface area contributed by atoms with Crippen molar-refractivity contribution in [3.8, 4) is 5.75 Å². The lowest BCUT2D eigenvalue weighted by Crippen LogP contribution is -1.78. The number of hydrogen-bond acceptors (Lipinski definition) is 3. The minimum atomic E-state index is 0.361. The summed E-state index contributed by atoms with van der Waals surface area (Å²) < 4.78 is 13.0. The average molecular weight is 186 g/mol. The maximum atomic E-state index is 8.28. The smallest absolute Gasteiger partial charge is 0.222 e. The van der Waals surface area contributed by atoms with Gasteiger partial charge < -0.3 is 4.18 Å². The predicted octanol–water partition coefficient (Wildman–Crippen LogP) is 3.52. The summed E-state index contributed by atoms with van der Waals surface area (Å²) >= 11 is 0.361. The quantitative estimate of drug-likeness (QED) is 0.716. The summed E-state index contributed by atoms with van der Waals surface area (Å²) in [6.07, 6.45) is 0. The Hall–Kier alpha value is -0.670. The normalized spacial score (nSPS) is 8.33. The van der Waals surface area contributed by atoms with Gasteiger partial charge in [-0.1, -0.05) is 31.5 Å². The van der Waals surface area contributed by atoms with Crippen LogP contribution in [0.5, 0.6) is 5.75 Å². The van der Waals surface area contributed by atoms with Gasteiger partial charge in [-0.3, -0.25) is 4.55 Å². The van der Waals surface area contributed by atoms with Gasteiger partial charge in [-0.05, 0) is 19.1 Å². The van der Waals surface area contributed by atoms with Gasteiger partial charge in [0.25, 0.3) is 0 Å². The van der Waals surface area contributed by atoms with Crippen LogP contribution in [0.4, 0.5) is 0 Å². The molecule has 1 N–H and O–H groups in total. The standard InChI is InChI=1S/C7H8O2S.C2H6/c1-6-2-4-7(5-3-6)9-10-8;1-2/h2-5,8H,1H3;1-2H3. The zero-order valence-corrected chi connectivity index (χ0v) is 8.39. The third-order valence-corrected chi connectivity index (χ3v) is 1.42. The van der Waals surface area contributed by atoms with Gasteiger partial charge >= 0.3 is 0 Å². The highest BCUT2D eigenvalue weighted by atomic mass is 32.2. The SMILES string of the molecule is CC.Cc1ccc(OSO)cc1. The van der Waals surface area contributed by atoms with E-state index in [0.717, 1.165) is 0 Å². The summed E-state index contributed by atoms with van der Waals surface area (Å²) in [6.45, 7) is 6.00. The maximum Gasteiger partial charge on any atom is 0.222 e. The van der Waals surface area contributed by atoms with E-state index in [1.807, 2.05) is 32.9 Å². The van der Waals surface area contributed by atoms with Gasteiger partial charge in [-0.25, -0.2) is 0 Å². The molecule has 0 saturated heterocycles. The van der Waals surface area contributed by atoms with E-state index in [2.05, 4.69) is 0 Å². The van der Waals surface area contributed by atoms with Gasteiger partial charge in [-0.15, -0.1) is 0 Å². The molecule has 0 saturated carbocycles. The van der Waals surface area contributed by atoms with Gasteiger partial charge in [0.1, 0.15) is 5.75 Å². The zero-order chi connectivity index (χ0) is 9.40. The first-order chi connectivity index (χ1) is 5.83. The summed E-state index contributed by atoms with van der Waals surface area (Å²) in [5, 5.41) is 0. The number of benzene rings is 1. The van der Waals surface area contributed by atoms with Crippen molar-refractivity contribution in [2.75, 3.05) is 0 Å². The first-order valence-electron chi connectivity index (χ1n) is 3.87. The van der Waals surface area contributed by atoms with Crippen molar-refractivity contribution in [2.45, 2.75) is 20.8 Å². The largest absolute Gasteiger partial charge is 0.401 e. The van der Waals surface area contributed by atoms with E-state index in [9.17, 15) is 0 Å². The Morgan fingerprint density at radius 3 is 2.08 bits per heavy atom. The van der Waals surface area contributed by atoms with Crippen LogP contribution in [0.1, 0.15) is 19.4 Å². The summed E-state index contributed by atoms with van der Waals surface area (Å²) in [6, 6.07) is 7.45. The van der Waals surface area contributed by atoms with E-state index in [1.54, 1.807) is 12.1 Å². The second kappa shape index (κ2) is 7.00. The van der Waals surface area contributed by atoms with Crippen LogP contribution in [-0.2, 0) is 0 Å². The highest BCUT2D eigenvalue weighted by Crippen LogP contribution is 2.14. The maximum absolute atomic E-state index is 8.28. The van der Waals surface area contributed by atoms with Crippen LogP contribution in [-0.4, -0.2) is 4.55 Å². The second-order valence-electron chi connectivity index (χ2n) is 1.97. The minimum Gasteiger partial charge on any atom is -0.401 e. The van der Waals surface area contributed by atoms with Gasteiger partial charge in [0.05, 0.1) is 0 Å². The molecule has 0 bridgehead atoms. The molecule has 0 unspecified atom stereocenters. The lowest BCUT2D eigenvalue weighted by atomic mass is 10.2. The minimum absolute atomic E-state index is 0.361. The molecule has 0 atom stereocenters. The van der Waals surface area contributed by atoms with Crippen LogP contribution in [0, 0.1) is 6.92 Å². The molecule has 1 rings (SSSR count). The lowest BCUT2D eigenvalue weighted by Gasteiger charge is -1.97. The summed E-state index contributed by atoms with van der Waals surface area (Å²) in [5.41, 5.74) is 1.18. The molecule has 3 heteroatoms. The third-order valence-electron chi connectivity index (χ3n) is 1.15. The van der Waals surface area contributed by atoms with Crippen LogP contribution >= 0.6 is 12.3 Å². The molecule has 0 radical (unpaired) electrons. The van der Waals surface area contributed by atoms with Crippen molar-refractivity contribution >= 4 is 12.3 Å². The second-order valence-corrected chi connectivity index (χ2v) is 2.29. The van der Waals surface area contributed by atoms with Crippen molar-refractivity contribution in [3.63, 3.8) is 0 Å². The summed E-state index contributed by atoms with van der Waals surface area (Å²) in [5.74, 6) is 0.665. The molecule has 0 aliphatic rings. The fourth-order valence-corrected chi connectivity index (χ4v) is 0.834. The predicted molar refractivity (Wildman–Crippen MR) is 53.4 cm³/mol. The Morgan fingerprint density at radius 1 is 1.17 bits per heavy atom. The topological polar surface area (TPSA) is 29.5 Å². The molecule has 0 aliphatic heterocycles. The lowest BCUT2D eigenvalue weighted by molar-refractivity contribution is 0.541. The van der Waals surface area contributed by atoms with Crippen molar-refractivity contribution in [1.29, 1.82) is 0 Å². The van der Waals surface area contributed by atoms with E-state index in [1.165, 1.54) is 5.56 Å². The summed E-state index contributed by atoms with van der Waals surface area (Å²) in [7, 11) is 0. The first kappa shape index (κ1) is 11.3. The van der Waals surface area contributed by atoms with Crippen molar-refractivity contribution in [2.24, 2.45) is 0 Å². The Kier molecular flexibility index (Phi) is 6.61. The molecular formula is C9H14O2S. The van der Waals surface area contributed by atoms with E-state index < -0.39 is 0 Å². The molecule has 1 aromatic carbocycles. The Bertz CT molecular complexity index is 196. The zero-order valence-electron chi connectivity index (χ0n) is 7.57.